The molecule has 2 rings (SSSR count). The van der Waals surface area contributed by atoms with Crippen LogP contribution in [0.3, 0.4) is 0 Å². The Balaban J connectivity index is 2.09. The quantitative estimate of drug-likeness (QED) is 0.844. The molecule has 1 N–H and O–H groups in total. The third-order valence-electron chi connectivity index (χ3n) is 3.38. The molecule has 0 aromatic heterocycles. The normalized spacial score (nSPS) is 20.4. The summed E-state index contributed by atoms with van der Waals surface area (Å²) in [7, 11) is 0. The highest BCUT2D eigenvalue weighted by Gasteiger charge is 2.31. The van der Waals surface area contributed by atoms with Crippen molar-refractivity contribution in [2.75, 3.05) is 19.6 Å². The van der Waals surface area contributed by atoms with E-state index in [0.717, 1.165) is 18.7 Å². The fourth-order valence-corrected chi connectivity index (χ4v) is 2.33. The predicted octanol–water partition coefficient (Wildman–Crippen LogP) is 2.34. The first-order chi connectivity index (χ1) is 8.88. The largest absolute Gasteiger partial charge is 0.339 e. The number of carbonyl (C=O) groups is 1. The Hall–Kier alpha value is -1.42. The van der Waals surface area contributed by atoms with Crippen LogP contribution in [0, 0.1) is 11.2 Å². The third-order valence-corrected chi connectivity index (χ3v) is 3.38. The molecule has 1 aromatic rings. The molecule has 0 radical (unpaired) electrons. The molecule has 0 aliphatic carbocycles. The summed E-state index contributed by atoms with van der Waals surface area (Å²) in [6, 6.07) is 6.56. The van der Waals surface area contributed by atoms with E-state index >= 15 is 0 Å². The summed E-state index contributed by atoms with van der Waals surface area (Å²) in [6.45, 7) is 7.94. The maximum Gasteiger partial charge on any atom is 0.228 e. The molecule has 3 nitrogen and oxygen atoms in total. The van der Waals surface area contributed by atoms with E-state index in [4.69, 9.17) is 0 Å². The van der Waals surface area contributed by atoms with Gasteiger partial charge < -0.3 is 10.2 Å². The van der Waals surface area contributed by atoms with Crippen molar-refractivity contribution in [3.63, 3.8) is 0 Å². The van der Waals surface area contributed by atoms with Gasteiger partial charge >= 0.3 is 0 Å². The second kappa shape index (κ2) is 5.29. The maximum absolute atomic E-state index is 12.9. The van der Waals surface area contributed by atoms with Crippen molar-refractivity contribution in [1.29, 1.82) is 0 Å². The summed E-state index contributed by atoms with van der Waals surface area (Å²) in [5.41, 5.74) is 0.665. The third kappa shape index (κ3) is 3.32. The van der Waals surface area contributed by atoms with Crippen molar-refractivity contribution in [3.05, 3.63) is 35.6 Å². The van der Waals surface area contributed by atoms with Crippen LogP contribution < -0.4 is 5.32 Å². The fraction of sp³-hybridized carbons (Fsp3) is 0.533. The monoisotopic (exact) mass is 264 g/mol. The number of piperazine rings is 1. The lowest BCUT2D eigenvalue weighted by molar-refractivity contribution is -0.140. The zero-order valence-electron chi connectivity index (χ0n) is 11.7. The van der Waals surface area contributed by atoms with E-state index in [2.05, 4.69) is 5.32 Å². The van der Waals surface area contributed by atoms with Gasteiger partial charge in [0.25, 0.3) is 0 Å². The lowest BCUT2D eigenvalue weighted by Gasteiger charge is -2.37. The van der Waals surface area contributed by atoms with Gasteiger partial charge in [-0.15, -0.1) is 0 Å². The lowest BCUT2D eigenvalue weighted by atomic mass is 9.93. The summed E-state index contributed by atoms with van der Waals surface area (Å²) >= 11 is 0. The number of carbonyl (C=O) groups excluding carboxylic acids is 1. The van der Waals surface area contributed by atoms with Crippen molar-refractivity contribution in [1.82, 2.24) is 10.2 Å². The van der Waals surface area contributed by atoms with Gasteiger partial charge in [-0.05, 0) is 17.7 Å². The summed E-state index contributed by atoms with van der Waals surface area (Å²) in [5, 5.41) is 3.37. The molecule has 1 saturated heterocycles. The van der Waals surface area contributed by atoms with E-state index in [-0.39, 0.29) is 23.2 Å². The Kier molecular flexibility index (Phi) is 3.90. The van der Waals surface area contributed by atoms with Gasteiger partial charge in [0.05, 0.1) is 0 Å². The van der Waals surface area contributed by atoms with Crippen LogP contribution in [0.2, 0.25) is 0 Å². The molecule has 1 aromatic carbocycles. The smallest absolute Gasteiger partial charge is 0.228 e. The molecular weight excluding hydrogens is 243 g/mol. The maximum atomic E-state index is 12.9. The minimum Gasteiger partial charge on any atom is -0.339 e. The summed E-state index contributed by atoms with van der Waals surface area (Å²) in [4.78, 5) is 14.2. The molecule has 1 atom stereocenters. The number of nitrogens with one attached hydrogen (secondary N) is 1. The highest BCUT2D eigenvalue weighted by Crippen LogP contribution is 2.23. The van der Waals surface area contributed by atoms with Crippen molar-refractivity contribution >= 4 is 5.91 Å². The van der Waals surface area contributed by atoms with Crippen LogP contribution >= 0.6 is 0 Å². The summed E-state index contributed by atoms with van der Waals surface area (Å²) < 4.78 is 12.9. The molecule has 1 unspecified atom stereocenters. The molecular formula is C15H21FN2O. The van der Waals surface area contributed by atoms with Crippen molar-refractivity contribution in [2.24, 2.45) is 5.41 Å². The van der Waals surface area contributed by atoms with Gasteiger partial charge in [-0.25, -0.2) is 4.39 Å². The SMILES string of the molecule is CC(C)(C)C(=O)N1CCNC(c2ccc(F)cc2)C1. The van der Waals surface area contributed by atoms with Crippen LogP contribution in [0.25, 0.3) is 0 Å². The summed E-state index contributed by atoms with van der Waals surface area (Å²) in [5.74, 6) is -0.0664. The second-order valence-electron chi connectivity index (χ2n) is 6.06. The van der Waals surface area contributed by atoms with Gasteiger partial charge in [-0.2, -0.15) is 0 Å². The van der Waals surface area contributed by atoms with E-state index < -0.39 is 0 Å². The van der Waals surface area contributed by atoms with E-state index in [1.807, 2.05) is 25.7 Å². The molecule has 1 amide bonds. The van der Waals surface area contributed by atoms with E-state index in [1.165, 1.54) is 12.1 Å². The van der Waals surface area contributed by atoms with E-state index in [9.17, 15) is 9.18 Å². The zero-order chi connectivity index (χ0) is 14.0. The van der Waals surface area contributed by atoms with Crippen molar-refractivity contribution < 1.29 is 9.18 Å². The first-order valence-electron chi connectivity index (χ1n) is 6.66. The molecule has 4 heteroatoms. The fourth-order valence-electron chi connectivity index (χ4n) is 2.33. The minimum absolute atomic E-state index is 0.0839. The van der Waals surface area contributed by atoms with E-state index in [0.29, 0.717) is 6.54 Å². The Labute approximate surface area is 113 Å². The van der Waals surface area contributed by atoms with Crippen LogP contribution in [0.15, 0.2) is 24.3 Å². The minimum atomic E-state index is -0.356. The molecule has 1 aliphatic heterocycles. The average molecular weight is 264 g/mol. The standard InChI is InChI=1S/C15H21FN2O/c1-15(2,3)14(19)18-9-8-17-13(10-18)11-4-6-12(16)7-5-11/h4-7,13,17H,8-10H2,1-3H3. The molecule has 1 aliphatic rings. The van der Waals surface area contributed by atoms with E-state index in [1.54, 1.807) is 12.1 Å². The number of amides is 1. The van der Waals surface area contributed by atoms with Gasteiger partial charge in [0.15, 0.2) is 0 Å². The topological polar surface area (TPSA) is 32.3 Å². The van der Waals surface area contributed by atoms with Crippen LogP contribution in [0.4, 0.5) is 4.39 Å². The summed E-state index contributed by atoms with van der Waals surface area (Å²) in [6.07, 6.45) is 0. The number of halogens is 1. The number of hydrogen-bond donors (Lipinski definition) is 1. The zero-order valence-corrected chi connectivity index (χ0v) is 11.7. The highest BCUT2D eigenvalue weighted by atomic mass is 19.1. The molecule has 1 fully saturated rings. The van der Waals surface area contributed by atoms with Crippen LogP contribution in [-0.4, -0.2) is 30.4 Å². The number of hydrogen-bond acceptors (Lipinski definition) is 2. The van der Waals surface area contributed by atoms with Crippen LogP contribution in [0.5, 0.6) is 0 Å². The Bertz CT molecular complexity index is 450. The van der Waals surface area contributed by atoms with Crippen molar-refractivity contribution in [2.45, 2.75) is 26.8 Å². The molecule has 0 saturated carbocycles. The predicted molar refractivity (Wildman–Crippen MR) is 73.2 cm³/mol. The molecule has 104 valence electrons. The number of nitrogens with zero attached hydrogens (tertiary/aromatic N) is 1. The molecule has 19 heavy (non-hydrogen) atoms. The van der Waals surface area contributed by atoms with Crippen LogP contribution in [-0.2, 0) is 4.79 Å². The Morgan fingerprint density at radius 3 is 2.53 bits per heavy atom. The first-order valence-corrected chi connectivity index (χ1v) is 6.66. The second-order valence-corrected chi connectivity index (χ2v) is 6.06. The molecule has 0 bridgehead atoms. The van der Waals surface area contributed by atoms with Gasteiger partial charge in [0.2, 0.25) is 5.91 Å². The lowest BCUT2D eigenvalue weighted by Crippen LogP contribution is -2.51. The van der Waals surface area contributed by atoms with Gasteiger partial charge in [-0.3, -0.25) is 4.79 Å². The van der Waals surface area contributed by atoms with Crippen molar-refractivity contribution in [3.8, 4) is 0 Å². The molecule has 1 heterocycles. The molecule has 0 spiro atoms. The average Bonchev–Trinajstić information content (AvgIpc) is 2.38. The van der Waals surface area contributed by atoms with Gasteiger partial charge in [0, 0.05) is 31.1 Å². The number of benzene rings is 1. The highest BCUT2D eigenvalue weighted by molar-refractivity contribution is 5.81. The van der Waals surface area contributed by atoms with Crippen LogP contribution in [0.1, 0.15) is 32.4 Å². The van der Waals surface area contributed by atoms with Gasteiger partial charge in [-0.1, -0.05) is 32.9 Å². The van der Waals surface area contributed by atoms with Gasteiger partial charge in [0.1, 0.15) is 5.82 Å². The first kappa shape index (κ1) is 14.0. The Morgan fingerprint density at radius 1 is 1.32 bits per heavy atom. The number of rotatable bonds is 1. The Morgan fingerprint density at radius 2 is 1.95 bits per heavy atom.